The SMILES string of the molecule is CCOC(=O)C1(OC(F)(F)F)C=CC(C(O)CO)=CC1N. The third kappa shape index (κ3) is 4.03. The molecule has 0 fully saturated rings. The molecule has 3 atom stereocenters. The van der Waals surface area contributed by atoms with Crippen molar-refractivity contribution < 1.29 is 37.7 Å². The minimum absolute atomic E-state index is 0.0793. The molecule has 0 heterocycles. The van der Waals surface area contributed by atoms with Crippen molar-refractivity contribution in [3.63, 3.8) is 0 Å². The number of halogens is 3. The maximum atomic E-state index is 12.6. The van der Waals surface area contributed by atoms with Gasteiger partial charge in [-0.2, -0.15) is 0 Å². The number of aliphatic hydroxyl groups excluding tert-OH is 2. The lowest BCUT2D eigenvalue weighted by atomic mass is 9.86. The molecule has 0 saturated carbocycles. The van der Waals surface area contributed by atoms with Gasteiger partial charge in [0.05, 0.1) is 19.3 Å². The number of ether oxygens (including phenoxy) is 2. The van der Waals surface area contributed by atoms with E-state index in [1.54, 1.807) is 0 Å². The van der Waals surface area contributed by atoms with Gasteiger partial charge in [-0.25, -0.2) is 4.79 Å². The van der Waals surface area contributed by atoms with Gasteiger partial charge < -0.3 is 20.7 Å². The Morgan fingerprint density at radius 2 is 2.19 bits per heavy atom. The van der Waals surface area contributed by atoms with Crippen molar-refractivity contribution in [2.75, 3.05) is 13.2 Å². The van der Waals surface area contributed by atoms with E-state index < -0.39 is 36.7 Å². The summed E-state index contributed by atoms with van der Waals surface area (Å²) in [6.07, 6.45) is -3.61. The third-order valence-electron chi connectivity index (χ3n) is 2.83. The fourth-order valence-electron chi connectivity index (χ4n) is 1.83. The number of carbonyl (C=O) groups excluding carboxylic acids is 1. The average molecular weight is 311 g/mol. The van der Waals surface area contributed by atoms with Gasteiger partial charge in [-0.3, -0.25) is 4.74 Å². The van der Waals surface area contributed by atoms with E-state index in [0.717, 1.165) is 18.2 Å². The Bertz CT molecular complexity index is 449. The van der Waals surface area contributed by atoms with Crippen LogP contribution < -0.4 is 5.73 Å². The van der Waals surface area contributed by atoms with Crippen LogP contribution in [-0.4, -0.2) is 53.5 Å². The first-order valence-corrected chi connectivity index (χ1v) is 6.06. The molecule has 0 bridgehead atoms. The van der Waals surface area contributed by atoms with Crippen molar-refractivity contribution in [2.45, 2.75) is 31.0 Å². The molecule has 0 aromatic carbocycles. The Morgan fingerprint density at radius 3 is 2.62 bits per heavy atom. The molecule has 9 heteroatoms. The second-order valence-corrected chi connectivity index (χ2v) is 4.29. The highest BCUT2D eigenvalue weighted by Gasteiger charge is 2.53. The molecule has 120 valence electrons. The van der Waals surface area contributed by atoms with Crippen LogP contribution >= 0.6 is 0 Å². The summed E-state index contributed by atoms with van der Waals surface area (Å²) in [4.78, 5) is 11.8. The maximum Gasteiger partial charge on any atom is 0.524 e. The standard InChI is InChI=1S/C12H16F3NO5/c1-2-20-10(19)11(21-12(13,14)15)4-3-7(5-9(11)16)8(18)6-17/h3-5,8-9,17-18H,2,6,16H2,1H3. The number of rotatable bonds is 5. The number of hydrogen-bond acceptors (Lipinski definition) is 6. The molecule has 1 aliphatic carbocycles. The van der Waals surface area contributed by atoms with E-state index in [4.69, 9.17) is 10.8 Å². The van der Waals surface area contributed by atoms with Gasteiger partial charge in [-0.1, -0.05) is 12.2 Å². The Kier molecular flexibility index (Phi) is 5.51. The number of esters is 1. The van der Waals surface area contributed by atoms with E-state index in [0.29, 0.717) is 0 Å². The molecule has 21 heavy (non-hydrogen) atoms. The summed E-state index contributed by atoms with van der Waals surface area (Å²) in [6, 6.07) is -1.54. The molecule has 0 radical (unpaired) electrons. The van der Waals surface area contributed by atoms with Gasteiger partial charge in [-0.15, -0.1) is 13.2 Å². The Labute approximate surface area is 118 Å². The molecule has 0 aromatic heterocycles. The molecule has 4 N–H and O–H groups in total. The van der Waals surface area contributed by atoms with Gasteiger partial charge in [0, 0.05) is 0 Å². The second kappa shape index (κ2) is 6.56. The maximum absolute atomic E-state index is 12.6. The first kappa shape index (κ1) is 17.6. The number of alkyl halides is 3. The highest BCUT2D eigenvalue weighted by atomic mass is 19.4. The second-order valence-electron chi connectivity index (χ2n) is 4.29. The zero-order valence-electron chi connectivity index (χ0n) is 11.1. The minimum atomic E-state index is -5.12. The molecular formula is C12H16F3NO5. The molecule has 0 spiro atoms. The van der Waals surface area contributed by atoms with Crippen LogP contribution in [-0.2, 0) is 14.3 Å². The summed E-state index contributed by atoms with van der Waals surface area (Å²) < 4.78 is 46.1. The minimum Gasteiger partial charge on any atom is -0.464 e. The zero-order chi connectivity index (χ0) is 16.3. The summed E-state index contributed by atoms with van der Waals surface area (Å²) in [5, 5.41) is 18.3. The number of carbonyl (C=O) groups is 1. The van der Waals surface area contributed by atoms with E-state index in [2.05, 4.69) is 9.47 Å². The van der Waals surface area contributed by atoms with E-state index in [-0.39, 0.29) is 12.2 Å². The van der Waals surface area contributed by atoms with Crippen LogP contribution in [0.3, 0.4) is 0 Å². The van der Waals surface area contributed by atoms with Crippen LogP contribution in [0.1, 0.15) is 6.92 Å². The average Bonchev–Trinajstić information content (AvgIpc) is 2.39. The van der Waals surface area contributed by atoms with E-state index >= 15 is 0 Å². The van der Waals surface area contributed by atoms with Crippen LogP contribution in [0.25, 0.3) is 0 Å². The first-order chi connectivity index (χ1) is 9.66. The van der Waals surface area contributed by atoms with Crippen molar-refractivity contribution in [3.05, 3.63) is 23.8 Å². The predicted octanol–water partition coefficient (Wildman–Crippen LogP) is 0.00140. The molecule has 1 rings (SSSR count). The molecule has 0 aromatic rings. The number of nitrogens with two attached hydrogens (primary N) is 1. The Balaban J connectivity index is 3.14. The summed E-state index contributed by atoms with van der Waals surface area (Å²) in [5.41, 5.74) is 3.11. The van der Waals surface area contributed by atoms with Gasteiger partial charge >= 0.3 is 12.3 Å². The summed E-state index contributed by atoms with van der Waals surface area (Å²) in [7, 11) is 0. The topological polar surface area (TPSA) is 102 Å². The van der Waals surface area contributed by atoms with E-state index in [1.807, 2.05) is 0 Å². The van der Waals surface area contributed by atoms with Gasteiger partial charge in [0.2, 0.25) is 5.60 Å². The molecular weight excluding hydrogens is 295 g/mol. The smallest absolute Gasteiger partial charge is 0.464 e. The van der Waals surface area contributed by atoms with Crippen molar-refractivity contribution in [3.8, 4) is 0 Å². The third-order valence-corrected chi connectivity index (χ3v) is 2.83. The van der Waals surface area contributed by atoms with Crippen molar-refractivity contribution in [1.82, 2.24) is 0 Å². The summed E-state index contributed by atoms with van der Waals surface area (Å²) in [5.74, 6) is -1.29. The Morgan fingerprint density at radius 1 is 1.57 bits per heavy atom. The fraction of sp³-hybridized carbons (Fsp3) is 0.583. The van der Waals surface area contributed by atoms with Gasteiger partial charge in [0.1, 0.15) is 6.10 Å². The van der Waals surface area contributed by atoms with Crippen LogP contribution in [0, 0.1) is 0 Å². The normalized spacial score (nSPS) is 27.2. The molecule has 6 nitrogen and oxygen atoms in total. The lowest BCUT2D eigenvalue weighted by Crippen LogP contribution is -2.58. The first-order valence-electron chi connectivity index (χ1n) is 6.06. The van der Waals surface area contributed by atoms with Crippen LogP contribution in [0.4, 0.5) is 13.2 Å². The highest BCUT2D eigenvalue weighted by Crippen LogP contribution is 2.33. The lowest BCUT2D eigenvalue weighted by Gasteiger charge is -2.35. The predicted molar refractivity (Wildman–Crippen MR) is 64.8 cm³/mol. The quantitative estimate of drug-likeness (QED) is 0.618. The van der Waals surface area contributed by atoms with Crippen LogP contribution in [0.15, 0.2) is 23.8 Å². The van der Waals surface area contributed by atoms with Gasteiger partial charge in [0.25, 0.3) is 0 Å². The zero-order valence-corrected chi connectivity index (χ0v) is 11.1. The molecule has 1 aliphatic rings. The van der Waals surface area contributed by atoms with Crippen LogP contribution in [0.5, 0.6) is 0 Å². The van der Waals surface area contributed by atoms with Gasteiger partial charge in [-0.05, 0) is 18.6 Å². The van der Waals surface area contributed by atoms with E-state index in [9.17, 15) is 23.1 Å². The summed E-state index contributed by atoms with van der Waals surface area (Å²) >= 11 is 0. The van der Waals surface area contributed by atoms with Crippen molar-refractivity contribution in [1.29, 1.82) is 0 Å². The molecule has 0 aliphatic heterocycles. The molecule has 0 saturated heterocycles. The van der Waals surface area contributed by atoms with Gasteiger partial charge in [0.15, 0.2) is 0 Å². The largest absolute Gasteiger partial charge is 0.524 e. The fourth-order valence-corrected chi connectivity index (χ4v) is 1.83. The van der Waals surface area contributed by atoms with E-state index in [1.165, 1.54) is 6.92 Å². The highest BCUT2D eigenvalue weighted by molar-refractivity contribution is 5.84. The molecule has 0 amide bonds. The lowest BCUT2D eigenvalue weighted by molar-refractivity contribution is -0.356. The monoisotopic (exact) mass is 311 g/mol. The van der Waals surface area contributed by atoms with Crippen molar-refractivity contribution in [2.24, 2.45) is 5.73 Å². The Hall–Kier alpha value is -1.42. The number of aliphatic hydroxyl groups is 2. The van der Waals surface area contributed by atoms with Crippen LogP contribution in [0.2, 0.25) is 0 Å². The van der Waals surface area contributed by atoms with Crippen molar-refractivity contribution >= 4 is 5.97 Å². The summed E-state index contributed by atoms with van der Waals surface area (Å²) in [6.45, 7) is 0.627. The molecule has 3 unspecified atom stereocenters. The number of hydrogen-bond donors (Lipinski definition) is 3.